The zero-order chi connectivity index (χ0) is 27.7. The Morgan fingerprint density at radius 1 is 1.03 bits per heavy atom. The summed E-state index contributed by atoms with van der Waals surface area (Å²) in [5.74, 6) is -2.15. The summed E-state index contributed by atoms with van der Waals surface area (Å²) in [4.78, 5) is 51.6. The van der Waals surface area contributed by atoms with Crippen LogP contribution in [0.3, 0.4) is 0 Å². The Kier molecular flexibility index (Phi) is 7.37. The van der Waals surface area contributed by atoms with Crippen LogP contribution in [0, 0.1) is 0 Å². The van der Waals surface area contributed by atoms with Gasteiger partial charge < -0.3 is 19.1 Å². The van der Waals surface area contributed by atoms with E-state index in [4.69, 9.17) is 9.47 Å². The normalized spacial score (nSPS) is 20.5. The first kappa shape index (κ1) is 26.4. The highest BCUT2D eigenvalue weighted by Gasteiger charge is 2.37. The molecule has 3 aromatic rings. The first-order valence-corrected chi connectivity index (χ1v) is 13.3. The number of ether oxygens (including phenoxy) is 2. The zero-order valence-corrected chi connectivity index (χ0v) is 22.1. The molecule has 3 heterocycles. The van der Waals surface area contributed by atoms with Crippen LogP contribution in [-0.2, 0) is 21.4 Å². The predicted octanol–water partition coefficient (Wildman–Crippen LogP) is 5.17. The number of carbonyl (C=O) groups is 3. The molecule has 2 aliphatic heterocycles. The number of phenols is 1. The minimum Gasteiger partial charge on any atom is -0.507 e. The Bertz CT molecular complexity index is 1570. The van der Waals surface area contributed by atoms with Gasteiger partial charge in [-0.05, 0) is 61.8 Å². The molecule has 8 nitrogen and oxygen atoms in total. The number of aromatic nitrogens is 1. The number of ketones is 1. The number of phenolic OH excluding ortho intramolecular Hbond substituents is 1. The number of hydrogen-bond acceptors (Lipinski definition) is 7. The van der Waals surface area contributed by atoms with Gasteiger partial charge in [0.15, 0.2) is 0 Å². The van der Waals surface area contributed by atoms with E-state index in [-0.39, 0.29) is 40.4 Å². The Balaban J connectivity index is 1.67. The van der Waals surface area contributed by atoms with Crippen LogP contribution >= 0.6 is 0 Å². The standard InChI is InChI=1S/C31H31NO7/c1-18-9-8-13-21(33)12-5-3-4-11-20-16-25-28(29(35)27(20)31(37)38-18)22(17-26(34)39-25)23-15-19-10-6-7-14-24(19)32(2)30(23)36/h4,6-7,10-11,14-16,18,22,35H,3,5,8-9,12-13,17H2,1-2H3/t18-,22?/m0/s1. The third kappa shape index (κ3) is 5.24. The molecule has 0 bridgehead atoms. The fraction of sp³-hybridized carbons (Fsp3) is 0.355. The van der Waals surface area contributed by atoms with Gasteiger partial charge in [-0.2, -0.15) is 0 Å². The van der Waals surface area contributed by atoms with Gasteiger partial charge in [0.05, 0.1) is 18.0 Å². The smallest absolute Gasteiger partial charge is 0.342 e. The number of hydrogen-bond donors (Lipinski definition) is 1. The van der Waals surface area contributed by atoms with Crippen LogP contribution < -0.4 is 10.3 Å². The molecule has 5 rings (SSSR count). The lowest BCUT2D eigenvalue weighted by Gasteiger charge is -2.27. The third-order valence-corrected chi connectivity index (χ3v) is 7.51. The molecule has 8 heteroatoms. The van der Waals surface area contributed by atoms with Crippen molar-refractivity contribution in [2.45, 2.75) is 63.9 Å². The molecule has 0 spiro atoms. The van der Waals surface area contributed by atoms with Crippen molar-refractivity contribution in [3.05, 3.63) is 75.1 Å². The Labute approximate surface area is 225 Å². The number of nitrogens with zero attached hydrogens (tertiary/aromatic N) is 1. The number of benzene rings is 2. The predicted molar refractivity (Wildman–Crippen MR) is 146 cm³/mol. The van der Waals surface area contributed by atoms with Crippen molar-refractivity contribution in [3.8, 4) is 11.5 Å². The Morgan fingerprint density at radius 2 is 1.79 bits per heavy atom. The number of aryl methyl sites for hydroxylation is 1. The highest BCUT2D eigenvalue weighted by atomic mass is 16.5. The van der Waals surface area contributed by atoms with Crippen LogP contribution in [0.4, 0.5) is 0 Å². The number of para-hydroxylation sites is 1. The van der Waals surface area contributed by atoms with E-state index in [2.05, 4.69) is 0 Å². The monoisotopic (exact) mass is 529 g/mol. The maximum Gasteiger partial charge on any atom is 0.342 e. The van der Waals surface area contributed by atoms with Gasteiger partial charge in [-0.3, -0.25) is 14.4 Å². The second-order valence-corrected chi connectivity index (χ2v) is 10.3. The van der Waals surface area contributed by atoms with Crippen LogP contribution in [0.15, 0.2) is 47.3 Å². The molecule has 1 N–H and O–H groups in total. The molecule has 1 aromatic heterocycles. The molecule has 0 amide bonds. The minimum atomic E-state index is -0.817. The van der Waals surface area contributed by atoms with Crippen molar-refractivity contribution in [1.82, 2.24) is 4.57 Å². The van der Waals surface area contributed by atoms with Crippen LogP contribution in [-0.4, -0.2) is 33.5 Å². The summed E-state index contributed by atoms with van der Waals surface area (Å²) >= 11 is 0. The number of pyridine rings is 1. The molecule has 0 fully saturated rings. The Hall–Kier alpha value is -4.20. The van der Waals surface area contributed by atoms with E-state index in [9.17, 15) is 24.3 Å². The van der Waals surface area contributed by atoms with E-state index >= 15 is 0 Å². The largest absolute Gasteiger partial charge is 0.507 e. The number of rotatable bonds is 1. The molecular weight excluding hydrogens is 498 g/mol. The summed E-state index contributed by atoms with van der Waals surface area (Å²) in [5.41, 5.74) is 1.28. The molecule has 2 aromatic carbocycles. The number of carbonyl (C=O) groups excluding carboxylic acids is 3. The number of aromatic hydroxyl groups is 1. The van der Waals surface area contributed by atoms with Crippen molar-refractivity contribution in [1.29, 1.82) is 0 Å². The number of cyclic esters (lactones) is 1. The maximum atomic E-state index is 13.4. The molecule has 2 atom stereocenters. The zero-order valence-electron chi connectivity index (χ0n) is 22.1. The van der Waals surface area contributed by atoms with Gasteiger partial charge in [0.2, 0.25) is 0 Å². The molecule has 0 saturated heterocycles. The molecule has 39 heavy (non-hydrogen) atoms. The van der Waals surface area contributed by atoms with Crippen molar-refractivity contribution < 1.29 is 29.0 Å². The van der Waals surface area contributed by atoms with Gasteiger partial charge in [-0.25, -0.2) is 4.79 Å². The van der Waals surface area contributed by atoms with E-state index in [0.29, 0.717) is 49.7 Å². The van der Waals surface area contributed by atoms with Gasteiger partial charge in [0.1, 0.15) is 22.8 Å². The highest BCUT2D eigenvalue weighted by Crippen LogP contribution is 2.46. The van der Waals surface area contributed by atoms with Crippen LogP contribution in [0.5, 0.6) is 11.5 Å². The summed E-state index contributed by atoms with van der Waals surface area (Å²) in [7, 11) is 1.66. The molecule has 2 aliphatic rings. The second kappa shape index (κ2) is 10.9. The quantitative estimate of drug-likeness (QED) is 0.342. The lowest BCUT2D eigenvalue weighted by Crippen LogP contribution is -2.29. The molecule has 0 radical (unpaired) electrons. The van der Waals surface area contributed by atoms with Crippen molar-refractivity contribution in [3.63, 3.8) is 0 Å². The van der Waals surface area contributed by atoms with Crippen molar-refractivity contribution >= 4 is 34.7 Å². The minimum absolute atomic E-state index is 0.0365. The summed E-state index contributed by atoms with van der Waals surface area (Å²) in [6.07, 6.45) is 6.16. The average molecular weight is 530 g/mol. The fourth-order valence-electron chi connectivity index (χ4n) is 5.48. The molecule has 0 saturated carbocycles. The van der Waals surface area contributed by atoms with Gasteiger partial charge in [0.25, 0.3) is 5.56 Å². The molecule has 0 aliphatic carbocycles. The number of allylic oxidation sites excluding steroid dienone is 1. The summed E-state index contributed by atoms with van der Waals surface area (Å²) in [5, 5.41) is 12.4. The Morgan fingerprint density at radius 3 is 2.62 bits per heavy atom. The maximum absolute atomic E-state index is 13.4. The average Bonchev–Trinajstić information content (AvgIpc) is 2.89. The van der Waals surface area contributed by atoms with E-state index in [1.54, 1.807) is 32.2 Å². The van der Waals surface area contributed by atoms with Crippen molar-refractivity contribution in [2.75, 3.05) is 0 Å². The van der Waals surface area contributed by atoms with Crippen LogP contribution in [0.1, 0.15) is 84.8 Å². The lowest BCUT2D eigenvalue weighted by molar-refractivity contribution is -0.135. The van der Waals surface area contributed by atoms with Gasteiger partial charge in [0, 0.05) is 36.9 Å². The third-order valence-electron chi connectivity index (χ3n) is 7.51. The number of fused-ring (bicyclic) bond motifs is 3. The SMILES string of the molecule is C[C@H]1CCCC(=O)CCCC=Cc2cc3c(c(O)c2C(=O)O1)C(c1cc2ccccc2n(C)c1=O)CC(=O)O3. The van der Waals surface area contributed by atoms with E-state index in [1.807, 2.05) is 30.3 Å². The van der Waals surface area contributed by atoms with Gasteiger partial charge in [-0.1, -0.05) is 30.4 Å². The van der Waals surface area contributed by atoms with E-state index in [0.717, 1.165) is 10.9 Å². The first-order chi connectivity index (χ1) is 18.7. The first-order valence-electron chi connectivity index (χ1n) is 13.3. The van der Waals surface area contributed by atoms with E-state index < -0.39 is 24.0 Å². The summed E-state index contributed by atoms with van der Waals surface area (Å²) in [6.45, 7) is 1.75. The molecule has 202 valence electrons. The second-order valence-electron chi connectivity index (χ2n) is 10.3. The molecular formula is C31H31NO7. The summed E-state index contributed by atoms with van der Waals surface area (Å²) < 4.78 is 12.7. The highest BCUT2D eigenvalue weighted by molar-refractivity contribution is 5.98. The van der Waals surface area contributed by atoms with Crippen LogP contribution in [0.25, 0.3) is 17.0 Å². The van der Waals surface area contributed by atoms with Crippen molar-refractivity contribution in [2.24, 2.45) is 7.05 Å². The number of esters is 2. The summed E-state index contributed by atoms with van der Waals surface area (Å²) in [6, 6.07) is 10.7. The van der Waals surface area contributed by atoms with E-state index in [1.165, 1.54) is 4.57 Å². The van der Waals surface area contributed by atoms with Gasteiger partial charge in [-0.15, -0.1) is 0 Å². The van der Waals surface area contributed by atoms with Crippen LogP contribution in [0.2, 0.25) is 0 Å². The fourth-order valence-corrected chi connectivity index (χ4v) is 5.48. The number of Topliss-reactive ketones (excluding diaryl/α,β-unsaturated/α-hetero) is 1. The van der Waals surface area contributed by atoms with Gasteiger partial charge >= 0.3 is 11.9 Å². The topological polar surface area (TPSA) is 112 Å². The molecule has 1 unspecified atom stereocenters. The lowest BCUT2D eigenvalue weighted by atomic mass is 9.83.